The first-order chi connectivity index (χ1) is 11.8. The standard InChI is InChI=1S/C18H12F4N2O/c1-11-9-16(25-15-7-5-14(19)6-8-15)24-17(23-11)12-3-2-4-13(10-12)18(20,21)22/h2-10H,1H3. The van der Waals surface area contributed by atoms with E-state index >= 15 is 0 Å². The van der Waals surface area contributed by atoms with Crippen LogP contribution in [-0.2, 0) is 6.18 Å². The lowest BCUT2D eigenvalue weighted by Gasteiger charge is -2.10. The molecule has 0 atom stereocenters. The largest absolute Gasteiger partial charge is 0.439 e. The van der Waals surface area contributed by atoms with Gasteiger partial charge >= 0.3 is 6.18 Å². The molecular formula is C18H12F4N2O. The van der Waals surface area contributed by atoms with Crippen molar-refractivity contribution in [1.82, 2.24) is 9.97 Å². The number of alkyl halides is 3. The monoisotopic (exact) mass is 348 g/mol. The summed E-state index contributed by atoms with van der Waals surface area (Å²) < 4.78 is 57.1. The topological polar surface area (TPSA) is 35.0 Å². The number of benzene rings is 2. The lowest BCUT2D eigenvalue weighted by atomic mass is 10.1. The zero-order chi connectivity index (χ0) is 18.0. The lowest BCUT2D eigenvalue weighted by Crippen LogP contribution is -2.05. The van der Waals surface area contributed by atoms with Crippen LogP contribution in [0.15, 0.2) is 54.6 Å². The number of halogens is 4. The molecular weight excluding hydrogens is 336 g/mol. The molecule has 3 rings (SSSR count). The maximum Gasteiger partial charge on any atom is 0.416 e. The van der Waals surface area contributed by atoms with Gasteiger partial charge in [-0.05, 0) is 43.3 Å². The second-order valence-corrected chi connectivity index (χ2v) is 5.31. The first kappa shape index (κ1) is 16.9. The molecule has 0 spiro atoms. The van der Waals surface area contributed by atoms with Gasteiger partial charge in [0, 0.05) is 17.3 Å². The van der Waals surface area contributed by atoms with Crippen LogP contribution in [0, 0.1) is 12.7 Å². The minimum Gasteiger partial charge on any atom is -0.439 e. The van der Waals surface area contributed by atoms with Gasteiger partial charge in [0.05, 0.1) is 5.56 Å². The summed E-state index contributed by atoms with van der Waals surface area (Å²) >= 11 is 0. The molecule has 0 N–H and O–H groups in total. The first-order valence-corrected chi connectivity index (χ1v) is 7.28. The molecule has 0 radical (unpaired) electrons. The van der Waals surface area contributed by atoms with E-state index in [1.807, 2.05) is 0 Å². The first-order valence-electron chi connectivity index (χ1n) is 7.28. The van der Waals surface area contributed by atoms with Crippen molar-refractivity contribution in [2.24, 2.45) is 0 Å². The van der Waals surface area contributed by atoms with Gasteiger partial charge < -0.3 is 4.74 Å². The average molecular weight is 348 g/mol. The van der Waals surface area contributed by atoms with Crippen LogP contribution in [0.4, 0.5) is 17.6 Å². The van der Waals surface area contributed by atoms with Gasteiger partial charge in [-0.25, -0.2) is 9.37 Å². The minimum absolute atomic E-state index is 0.114. The van der Waals surface area contributed by atoms with E-state index in [0.29, 0.717) is 11.4 Å². The molecule has 1 aromatic heterocycles. The fraction of sp³-hybridized carbons (Fsp3) is 0.111. The van der Waals surface area contributed by atoms with Crippen molar-refractivity contribution in [3.63, 3.8) is 0 Å². The van der Waals surface area contributed by atoms with Crippen molar-refractivity contribution >= 4 is 0 Å². The number of hydrogen-bond donors (Lipinski definition) is 0. The Morgan fingerprint density at radius 1 is 0.920 bits per heavy atom. The third-order valence-electron chi connectivity index (χ3n) is 3.31. The Morgan fingerprint density at radius 3 is 2.32 bits per heavy atom. The highest BCUT2D eigenvalue weighted by atomic mass is 19.4. The van der Waals surface area contributed by atoms with Gasteiger partial charge in [-0.3, -0.25) is 0 Å². The Morgan fingerprint density at radius 2 is 1.64 bits per heavy atom. The predicted octanol–water partition coefficient (Wildman–Crippen LogP) is 5.40. The molecule has 0 aliphatic rings. The van der Waals surface area contributed by atoms with Gasteiger partial charge in [-0.15, -0.1) is 0 Å². The fourth-order valence-electron chi connectivity index (χ4n) is 2.18. The summed E-state index contributed by atoms with van der Waals surface area (Å²) in [6, 6.07) is 11.6. The number of aryl methyl sites for hydroxylation is 1. The maximum absolute atomic E-state index is 12.9. The zero-order valence-electron chi connectivity index (χ0n) is 13.0. The molecule has 0 amide bonds. The van der Waals surface area contributed by atoms with Crippen LogP contribution in [0.3, 0.4) is 0 Å². The molecule has 0 saturated carbocycles. The Kier molecular flexibility index (Phi) is 4.39. The summed E-state index contributed by atoms with van der Waals surface area (Å²) in [5, 5.41) is 0. The molecule has 1 heterocycles. The molecule has 3 aromatic rings. The lowest BCUT2D eigenvalue weighted by molar-refractivity contribution is -0.137. The predicted molar refractivity (Wildman–Crippen MR) is 83.7 cm³/mol. The van der Waals surface area contributed by atoms with Crippen LogP contribution in [0.1, 0.15) is 11.3 Å². The average Bonchev–Trinajstić information content (AvgIpc) is 2.56. The van der Waals surface area contributed by atoms with Crippen LogP contribution in [-0.4, -0.2) is 9.97 Å². The van der Waals surface area contributed by atoms with Gasteiger partial charge in [-0.2, -0.15) is 18.2 Å². The number of hydrogen-bond acceptors (Lipinski definition) is 3. The summed E-state index contributed by atoms with van der Waals surface area (Å²) in [5.74, 6) is 0.222. The number of nitrogens with zero attached hydrogens (tertiary/aromatic N) is 2. The Labute approximate surface area is 140 Å². The zero-order valence-corrected chi connectivity index (χ0v) is 13.0. The van der Waals surface area contributed by atoms with Gasteiger partial charge in [0.25, 0.3) is 0 Å². The summed E-state index contributed by atoms with van der Waals surface area (Å²) in [5.41, 5.74) is -0.0295. The summed E-state index contributed by atoms with van der Waals surface area (Å²) in [4.78, 5) is 8.31. The Balaban J connectivity index is 1.95. The van der Waals surface area contributed by atoms with E-state index in [1.54, 1.807) is 13.0 Å². The highest BCUT2D eigenvalue weighted by Gasteiger charge is 2.30. The van der Waals surface area contributed by atoms with Crippen molar-refractivity contribution < 1.29 is 22.3 Å². The summed E-state index contributed by atoms with van der Waals surface area (Å²) in [6.07, 6.45) is -4.45. The van der Waals surface area contributed by atoms with E-state index in [2.05, 4.69) is 9.97 Å². The molecule has 0 fully saturated rings. The molecule has 7 heteroatoms. The Hall–Kier alpha value is -2.96. The van der Waals surface area contributed by atoms with Crippen LogP contribution in [0.25, 0.3) is 11.4 Å². The van der Waals surface area contributed by atoms with Crippen molar-refractivity contribution in [2.45, 2.75) is 13.1 Å². The van der Waals surface area contributed by atoms with E-state index in [4.69, 9.17) is 4.74 Å². The smallest absolute Gasteiger partial charge is 0.416 e. The molecule has 25 heavy (non-hydrogen) atoms. The van der Waals surface area contributed by atoms with Crippen LogP contribution < -0.4 is 4.74 Å². The van der Waals surface area contributed by atoms with Crippen molar-refractivity contribution in [1.29, 1.82) is 0 Å². The summed E-state index contributed by atoms with van der Waals surface area (Å²) in [7, 11) is 0. The molecule has 128 valence electrons. The molecule has 0 unspecified atom stereocenters. The highest BCUT2D eigenvalue weighted by Crippen LogP contribution is 2.32. The number of aromatic nitrogens is 2. The van der Waals surface area contributed by atoms with Crippen molar-refractivity contribution in [2.75, 3.05) is 0 Å². The van der Waals surface area contributed by atoms with E-state index in [1.165, 1.54) is 36.4 Å². The normalized spacial score (nSPS) is 11.4. The molecule has 0 saturated heterocycles. The third-order valence-corrected chi connectivity index (χ3v) is 3.31. The van der Waals surface area contributed by atoms with Crippen LogP contribution in [0.5, 0.6) is 11.6 Å². The maximum atomic E-state index is 12.9. The highest BCUT2D eigenvalue weighted by molar-refractivity contribution is 5.57. The van der Waals surface area contributed by atoms with E-state index < -0.39 is 17.6 Å². The number of ether oxygens (including phenoxy) is 1. The van der Waals surface area contributed by atoms with Gasteiger partial charge in [0.15, 0.2) is 5.82 Å². The molecule has 0 aliphatic heterocycles. The fourth-order valence-corrected chi connectivity index (χ4v) is 2.18. The molecule has 3 nitrogen and oxygen atoms in total. The van der Waals surface area contributed by atoms with Crippen molar-refractivity contribution in [3.05, 3.63) is 71.7 Å². The van der Waals surface area contributed by atoms with Gasteiger partial charge in [0.2, 0.25) is 5.88 Å². The molecule has 0 aliphatic carbocycles. The Bertz CT molecular complexity index is 892. The quantitative estimate of drug-likeness (QED) is 0.594. The minimum atomic E-state index is -4.45. The van der Waals surface area contributed by atoms with E-state index in [9.17, 15) is 17.6 Å². The second kappa shape index (κ2) is 6.51. The molecule has 2 aromatic carbocycles. The van der Waals surface area contributed by atoms with Gasteiger partial charge in [0.1, 0.15) is 11.6 Å². The molecule has 0 bridgehead atoms. The van der Waals surface area contributed by atoms with Crippen LogP contribution >= 0.6 is 0 Å². The second-order valence-electron chi connectivity index (χ2n) is 5.31. The number of rotatable bonds is 3. The van der Waals surface area contributed by atoms with E-state index in [-0.39, 0.29) is 17.3 Å². The van der Waals surface area contributed by atoms with Crippen LogP contribution in [0.2, 0.25) is 0 Å². The van der Waals surface area contributed by atoms with Gasteiger partial charge in [-0.1, -0.05) is 12.1 Å². The van der Waals surface area contributed by atoms with E-state index in [0.717, 1.165) is 12.1 Å². The summed E-state index contributed by atoms with van der Waals surface area (Å²) in [6.45, 7) is 1.68. The SMILES string of the molecule is Cc1cc(Oc2ccc(F)cc2)nc(-c2cccc(C(F)(F)F)c2)n1. The van der Waals surface area contributed by atoms with Crippen molar-refractivity contribution in [3.8, 4) is 23.0 Å². The third kappa shape index (κ3) is 4.12.